The van der Waals surface area contributed by atoms with E-state index in [0.717, 1.165) is 18.2 Å². The number of nitrogens with one attached hydrogen (secondary N) is 2. The van der Waals surface area contributed by atoms with Gasteiger partial charge >= 0.3 is 11.9 Å². The van der Waals surface area contributed by atoms with E-state index in [1.165, 1.54) is 0 Å². The van der Waals surface area contributed by atoms with Gasteiger partial charge in [-0.1, -0.05) is 0 Å². The Morgan fingerprint density at radius 3 is 2.45 bits per heavy atom. The van der Waals surface area contributed by atoms with Crippen LogP contribution in [0.2, 0.25) is 0 Å². The van der Waals surface area contributed by atoms with Crippen molar-refractivity contribution in [2.45, 2.75) is 6.18 Å². The molecular formula is C11H5F3N4O2. The molecule has 3 rings (SSSR count). The highest BCUT2D eigenvalue weighted by atomic mass is 19.4. The normalized spacial score (nSPS) is 12.2. The minimum absolute atomic E-state index is 0.0615. The number of benzene rings is 1. The summed E-state index contributed by atoms with van der Waals surface area (Å²) in [6, 6.07) is 2.78. The van der Waals surface area contributed by atoms with Crippen LogP contribution < -0.4 is 11.2 Å². The number of fused-ring (bicyclic) bond motifs is 2. The van der Waals surface area contributed by atoms with Gasteiger partial charge in [0.2, 0.25) is 0 Å². The Morgan fingerprint density at radius 1 is 1.00 bits per heavy atom. The molecule has 0 bridgehead atoms. The van der Waals surface area contributed by atoms with Crippen LogP contribution in [0.25, 0.3) is 22.2 Å². The summed E-state index contributed by atoms with van der Waals surface area (Å²) >= 11 is 0. The molecule has 2 N–H and O–H groups in total. The van der Waals surface area contributed by atoms with Crippen molar-refractivity contribution in [3.63, 3.8) is 0 Å². The Hall–Kier alpha value is -2.71. The number of hydrogen-bond donors (Lipinski definition) is 2. The van der Waals surface area contributed by atoms with Gasteiger partial charge in [0.05, 0.1) is 16.6 Å². The number of aromatic nitrogens is 4. The van der Waals surface area contributed by atoms with Crippen LogP contribution in [0.5, 0.6) is 0 Å². The fraction of sp³-hybridized carbons (Fsp3) is 0.0909. The summed E-state index contributed by atoms with van der Waals surface area (Å²) in [5.74, 6) is 0. The van der Waals surface area contributed by atoms with Gasteiger partial charge in [-0.05, 0) is 18.2 Å². The van der Waals surface area contributed by atoms with Gasteiger partial charge < -0.3 is 0 Å². The zero-order valence-corrected chi connectivity index (χ0v) is 9.58. The number of rotatable bonds is 0. The van der Waals surface area contributed by atoms with Crippen molar-refractivity contribution in [3.8, 4) is 0 Å². The van der Waals surface area contributed by atoms with Crippen molar-refractivity contribution >= 4 is 22.2 Å². The second-order valence-corrected chi connectivity index (χ2v) is 4.03. The average molecular weight is 282 g/mol. The minimum atomic E-state index is -4.51. The van der Waals surface area contributed by atoms with Gasteiger partial charge in [-0.15, -0.1) is 0 Å². The van der Waals surface area contributed by atoms with Gasteiger partial charge in [0.15, 0.2) is 11.2 Å². The highest BCUT2D eigenvalue weighted by Crippen LogP contribution is 2.30. The zero-order chi connectivity index (χ0) is 14.5. The van der Waals surface area contributed by atoms with Gasteiger partial charge in [-0.3, -0.25) is 14.8 Å². The molecule has 0 aliphatic rings. The number of hydrogen-bond acceptors (Lipinski definition) is 4. The van der Waals surface area contributed by atoms with Crippen molar-refractivity contribution in [2.24, 2.45) is 0 Å². The Morgan fingerprint density at radius 2 is 1.75 bits per heavy atom. The van der Waals surface area contributed by atoms with E-state index in [-0.39, 0.29) is 22.2 Å². The van der Waals surface area contributed by atoms with Crippen molar-refractivity contribution < 1.29 is 13.2 Å². The Balaban J connectivity index is 2.40. The summed E-state index contributed by atoms with van der Waals surface area (Å²) in [5.41, 5.74) is -2.67. The molecule has 0 amide bonds. The molecule has 20 heavy (non-hydrogen) atoms. The monoisotopic (exact) mass is 282 g/mol. The Kier molecular flexibility index (Phi) is 2.40. The molecule has 0 spiro atoms. The molecule has 0 radical (unpaired) electrons. The van der Waals surface area contributed by atoms with Crippen LogP contribution in [0.15, 0.2) is 27.8 Å². The van der Waals surface area contributed by atoms with E-state index in [4.69, 9.17) is 0 Å². The van der Waals surface area contributed by atoms with Crippen LogP contribution in [0, 0.1) is 0 Å². The summed E-state index contributed by atoms with van der Waals surface area (Å²) < 4.78 is 37.8. The van der Waals surface area contributed by atoms with Gasteiger partial charge in [-0.25, -0.2) is 14.8 Å². The summed E-state index contributed by atoms with van der Waals surface area (Å²) in [6.07, 6.45) is -4.51. The van der Waals surface area contributed by atoms with Crippen molar-refractivity contribution in [1.29, 1.82) is 0 Å². The van der Waals surface area contributed by atoms with Crippen LogP contribution >= 0.6 is 0 Å². The lowest BCUT2D eigenvalue weighted by atomic mass is 10.2. The van der Waals surface area contributed by atoms with E-state index >= 15 is 0 Å². The molecule has 0 aliphatic carbocycles. The standard InChI is InChI=1S/C11H5F3N4O2/c12-11(13,14)4-1-2-5-6(3-4)16-8-7(15-5)9(19)18-10(20)17-8/h1-3H,(H2,16,17,18,19,20). The van der Waals surface area contributed by atoms with Crippen molar-refractivity contribution in [3.05, 3.63) is 44.6 Å². The summed E-state index contributed by atoms with van der Waals surface area (Å²) in [4.78, 5) is 34.5. The van der Waals surface area contributed by atoms with E-state index in [1.807, 2.05) is 4.98 Å². The highest BCUT2D eigenvalue weighted by molar-refractivity contribution is 5.84. The molecule has 0 unspecified atom stereocenters. The lowest BCUT2D eigenvalue weighted by Gasteiger charge is -2.07. The molecule has 9 heteroatoms. The van der Waals surface area contributed by atoms with Gasteiger partial charge in [0, 0.05) is 0 Å². The first-order valence-electron chi connectivity index (χ1n) is 5.36. The molecule has 0 atom stereocenters. The molecule has 3 aromatic rings. The predicted molar refractivity (Wildman–Crippen MR) is 63.3 cm³/mol. The second-order valence-electron chi connectivity index (χ2n) is 4.03. The fourth-order valence-corrected chi connectivity index (χ4v) is 1.78. The van der Waals surface area contributed by atoms with E-state index in [0.29, 0.717) is 0 Å². The molecular weight excluding hydrogens is 277 g/mol. The second kappa shape index (κ2) is 3.89. The first-order chi connectivity index (χ1) is 9.34. The smallest absolute Gasteiger partial charge is 0.290 e. The molecule has 2 heterocycles. The van der Waals surface area contributed by atoms with E-state index in [2.05, 4.69) is 15.0 Å². The first-order valence-corrected chi connectivity index (χ1v) is 5.36. The number of aromatic amines is 2. The molecule has 2 aromatic heterocycles. The summed E-state index contributed by atoms with van der Waals surface area (Å²) in [7, 11) is 0. The van der Waals surface area contributed by atoms with Gasteiger partial charge in [0.1, 0.15) is 0 Å². The van der Waals surface area contributed by atoms with Crippen molar-refractivity contribution in [2.75, 3.05) is 0 Å². The highest BCUT2D eigenvalue weighted by Gasteiger charge is 2.30. The quantitative estimate of drug-likeness (QED) is 0.606. The number of H-pyrrole nitrogens is 2. The summed E-state index contributed by atoms with van der Waals surface area (Å²) in [6.45, 7) is 0. The minimum Gasteiger partial charge on any atom is -0.290 e. The number of nitrogens with zero attached hydrogens (tertiary/aromatic N) is 2. The molecule has 1 aromatic carbocycles. The largest absolute Gasteiger partial charge is 0.416 e. The SMILES string of the molecule is O=c1[nH]c(=O)c2nc3ccc(C(F)(F)F)cc3nc2[nH]1. The number of alkyl halides is 3. The van der Waals surface area contributed by atoms with Crippen molar-refractivity contribution in [1.82, 2.24) is 19.9 Å². The Labute approximate surface area is 107 Å². The molecule has 0 fully saturated rings. The fourth-order valence-electron chi connectivity index (χ4n) is 1.78. The number of halogens is 3. The van der Waals surface area contributed by atoms with Crippen LogP contribution in [-0.2, 0) is 6.18 Å². The van der Waals surface area contributed by atoms with Crippen LogP contribution in [0.4, 0.5) is 13.2 Å². The first kappa shape index (κ1) is 12.3. The zero-order valence-electron chi connectivity index (χ0n) is 9.58. The van der Waals surface area contributed by atoms with Crippen LogP contribution in [0.3, 0.4) is 0 Å². The van der Waals surface area contributed by atoms with E-state index in [9.17, 15) is 22.8 Å². The topological polar surface area (TPSA) is 91.5 Å². The van der Waals surface area contributed by atoms with Gasteiger partial charge in [0.25, 0.3) is 5.56 Å². The van der Waals surface area contributed by atoms with Gasteiger partial charge in [-0.2, -0.15) is 13.2 Å². The predicted octanol–water partition coefficient (Wildman–Crippen LogP) is 1.18. The molecule has 0 saturated heterocycles. The Bertz CT molecular complexity index is 942. The maximum Gasteiger partial charge on any atom is 0.416 e. The lowest BCUT2D eigenvalue weighted by Crippen LogP contribution is -2.23. The third-order valence-corrected chi connectivity index (χ3v) is 2.67. The molecule has 0 aliphatic heterocycles. The third kappa shape index (κ3) is 1.92. The molecule has 0 saturated carbocycles. The van der Waals surface area contributed by atoms with Crippen LogP contribution in [-0.4, -0.2) is 19.9 Å². The maximum atomic E-state index is 12.6. The molecule has 102 valence electrons. The lowest BCUT2D eigenvalue weighted by molar-refractivity contribution is -0.137. The maximum absolute atomic E-state index is 12.6. The third-order valence-electron chi connectivity index (χ3n) is 2.67. The molecule has 6 nitrogen and oxygen atoms in total. The van der Waals surface area contributed by atoms with E-state index in [1.54, 1.807) is 0 Å². The average Bonchev–Trinajstić information content (AvgIpc) is 2.35. The summed E-state index contributed by atoms with van der Waals surface area (Å²) in [5, 5.41) is 0. The van der Waals surface area contributed by atoms with E-state index < -0.39 is 23.0 Å². The van der Waals surface area contributed by atoms with Crippen LogP contribution in [0.1, 0.15) is 5.56 Å².